The third-order valence-corrected chi connectivity index (χ3v) is 5.19. The summed E-state index contributed by atoms with van der Waals surface area (Å²) >= 11 is 0. The van der Waals surface area contributed by atoms with E-state index in [-0.39, 0.29) is 5.75 Å². The zero-order valence-electron chi connectivity index (χ0n) is 13.5. The van der Waals surface area contributed by atoms with Crippen LogP contribution in [0.2, 0.25) is 0 Å². The minimum Gasteiger partial charge on any atom is -0.268 e. The average molecular weight is 321 g/mol. The van der Waals surface area contributed by atoms with Crippen molar-refractivity contribution >= 4 is 10.0 Å². The molecule has 22 heavy (non-hydrogen) atoms. The topological polar surface area (TPSA) is 64.0 Å². The molecule has 0 aliphatic carbocycles. The number of nitrogens with one attached hydrogen (secondary N) is 1. The molecule has 0 radical (unpaired) electrons. The maximum atomic E-state index is 12.1. The van der Waals surface area contributed by atoms with Crippen molar-refractivity contribution in [3.05, 3.63) is 52.3 Å². The maximum Gasteiger partial charge on any atom is 0.215 e. The number of rotatable bonds is 6. The highest BCUT2D eigenvalue weighted by molar-refractivity contribution is 7.88. The van der Waals surface area contributed by atoms with E-state index in [4.69, 9.17) is 0 Å². The van der Waals surface area contributed by atoms with E-state index in [1.807, 2.05) is 56.6 Å². The van der Waals surface area contributed by atoms with E-state index in [1.165, 1.54) is 0 Å². The van der Waals surface area contributed by atoms with Gasteiger partial charge in [0.2, 0.25) is 10.0 Å². The predicted molar refractivity (Wildman–Crippen MR) is 88.2 cm³/mol. The fourth-order valence-corrected chi connectivity index (χ4v) is 3.51. The van der Waals surface area contributed by atoms with Crippen molar-refractivity contribution in [2.24, 2.45) is 0 Å². The van der Waals surface area contributed by atoms with Crippen LogP contribution in [-0.4, -0.2) is 24.7 Å². The highest BCUT2D eigenvalue weighted by Gasteiger charge is 2.12. The molecule has 0 spiro atoms. The lowest BCUT2D eigenvalue weighted by atomic mass is 10.2. The summed E-state index contributed by atoms with van der Waals surface area (Å²) in [4.78, 5) is 0. The van der Waals surface area contributed by atoms with Crippen LogP contribution < -0.4 is 4.72 Å². The number of hydrogen-bond donors (Lipinski definition) is 1. The molecule has 1 N–H and O–H groups in total. The summed E-state index contributed by atoms with van der Waals surface area (Å²) in [6.45, 7) is 8.81. The quantitative estimate of drug-likeness (QED) is 0.887. The molecule has 0 saturated carbocycles. The van der Waals surface area contributed by atoms with Crippen LogP contribution in [0.4, 0.5) is 0 Å². The Labute approximate surface area is 132 Å². The van der Waals surface area contributed by atoms with Crippen molar-refractivity contribution in [2.45, 2.75) is 40.0 Å². The number of aryl methyl sites for hydroxylation is 2. The predicted octanol–water partition coefficient (Wildman–Crippen LogP) is 2.24. The standard InChI is InChI=1S/C16H23N3O2S/c1-12-6-5-7-16(10-12)11-22(20,21)17-8-9-19-15(4)13(2)14(3)18-19/h5-7,10,17H,8-9,11H2,1-4H3. The van der Waals surface area contributed by atoms with Crippen molar-refractivity contribution in [3.63, 3.8) is 0 Å². The Morgan fingerprint density at radius 1 is 1.18 bits per heavy atom. The van der Waals surface area contributed by atoms with E-state index in [9.17, 15) is 8.42 Å². The molecule has 0 amide bonds. The monoisotopic (exact) mass is 321 g/mol. The maximum absolute atomic E-state index is 12.1. The molecule has 1 aromatic carbocycles. The van der Waals surface area contributed by atoms with Crippen LogP contribution in [0.3, 0.4) is 0 Å². The van der Waals surface area contributed by atoms with Crippen LogP contribution in [0.1, 0.15) is 28.1 Å². The van der Waals surface area contributed by atoms with E-state index >= 15 is 0 Å². The molecule has 120 valence electrons. The van der Waals surface area contributed by atoms with Gasteiger partial charge in [0.1, 0.15) is 0 Å². The van der Waals surface area contributed by atoms with E-state index in [0.717, 1.165) is 28.1 Å². The van der Waals surface area contributed by atoms with Gasteiger partial charge < -0.3 is 0 Å². The zero-order chi connectivity index (χ0) is 16.3. The second-order valence-electron chi connectivity index (χ2n) is 5.66. The molecule has 2 aromatic rings. The largest absolute Gasteiger partial charge is 0.268 e. The van der Waals surface area contributed by atoms with Gasteiger partial charge in [-0.2, -0.15) is 5.10 Å². The smallest absolute Gasteiger partial charge is 0.215 e. The molecule has 0 unspecified atom stereocenters. The highest BCUT2D eigenvalue weighted by atomic mass is 32.2. The van der Waals surface area contributed by atoms with Crippen LogP contribution >= 0.6 is 0 Å². The molecule has 5 nitrogen and oxygen atoms in total. The summed E-state index contributed by atoms with van der Waals surface area (Å²) in [5, 5.41) is 4.41. The Kier molecular flexibility index (Phi) is 5.03. The summed E-state index contributed by atoms with van der Waals surface area (Å²) in [6.07, 6.45) is 0. The van der Waals surface area contributed by atoms with Gasteiger partial charge in [0, 0.05) is 12.2 Å². The van der Waals surface area contributed by atoms with Gasteiger partial charge in [0.15, 0.2) is 0 Å². The first-order valence-corrected chi connectivity index (χ1v) is 8.97. The normalized spacial score (nSPS) is 11.8. The van der Waals surface area contributed by atoms with Crippen LogP contribution in [0.15, 0.2) is 24.3 Å². The first-order valence-electron chi connectivity index (χ1n) is 7.32. The summed E-state index contributed by atoms with van der Waals surface area (Å²) in [5.74, 6) is 0.00479. The van der Waals surface area contributed by atoms with E-state index in [0.29, 0.717) is 13.1 Å². The third kappa shape index (κ3) is 4.18. The van der Waals surface area contributed by atoms with Gasteiger partial charge >= 0.3 is 0 Å². The number of sulfonamides is 1. The lowest BCUT2D eigenvalue weighted by Gasteiger charge is -2.08. The molecular formula is C16H23N3O2S. The van der Waals surface area contributed by atoms with Gasteiger partial charge in [-0.15, -0.1) is 0 Å². The van der Waals surface area contributed by atoms with E-state index < -0.39 is 10.0 Å². The number of nitrogens with zero attached hydrogens (tertiary/aromatic N) is 2. The highest BCUT2D eigenvalue weighted by Crippen LogP contribution is 2.11. The van der Waals surface area contributed by atoms with Gasteiger partial charge in [-0.05, 0) is 38.8 Å². The Balaban J connectivity index is 1.94. The van der Waals surface area contributed by atoms with Crippen molar-refractivity contribution < 1.29 is 8.42 Å². The van der Waals surface area contributed by atoms with Crippen LogP contribution in [0, 0.1) is 27.7 Å². The SMILES string of the molecule is Cc1cccc(CS(=O)(=O)NCCn2nc(C)c(C)c2C)c1. The van der Waals surface area contributed by atoms with Gasteiger partial charge in [0.25, 0.3) is 0 Å². The van der Waals surface area contributed by atoms with Crippen molar-refractivity contribution in [3.8, 4) is 0 Å². The van der Waals surface area contributed by atoms with Crippen molar-refractivity contribution in [1.29, 1.82) is 0 Å². The molecular weight excluding hydrogens is 298 g/mol. The molecule has 1 aromatic heterocycles. The van der Waals surface area contributed by atoms with Crippen LogP contribution in [0.5, 0.6) is 0 Å². The number of hydrogen-bond acceptors (Lipinski definition) is 3. The number of aromatic nitrogens is 2. The molecule has 1 heterocycles. The first kappa shape index (κ1) is 16.7. The van der Waals surface area contributed by atoms with Gasteiger partial charge in [-0.3, -0.25) is 4.68 Å². The lowest BCUT2D eigenvalue weighted by molar-refractivity contribution is 0.553. The van der Waals surface area contributed by atoms with E-state index in [2.05, 4.69) is 9.82 Å². The molecule has 0 saturated heterocycles. The second kappa shape index (κ2) is 6.62. The van der Waals surface area contributed by atoms with Crippen molar-refractivity contribution in [2.75, 3.05) is 6.54 Å². The van der Waals surface area contributed by atoms with E-state index in [1.54, 1.807) is 0 Å². The zero-order valence-corrected chi connectivity index (χ0v) is 14.4. The van der Waals surface area contributed by atoms with Gasteiger partial charge in [-0.1, -0.05) is 29.8 Å². The summed E-state index contributed by atoms with van der Waals surface area (Å²) in [5.41, 5.74) is 5.08. The van der Waals surface area contributed by atoms with Crippen LogP contribution in [-0.2, 0) is 22.3 Å². The Morgan fingerprint density at radius 2 is 1.91 bits per heavy atom. The fourth-order valence-electron chi connectivity index (χ4n) is 2.38. The average Bonchev–Trinajstić information content (AvgIpc) is 2.66. The Morgan fingerprint density at radius 3 is 2.50 bits per heavy atom. The second-order valence-corrected chi connectivity index (χ2v) is 7.47. The lowest BCUT2D eigenvalue weighted by Crippen LogP contribution is -2.29. The Hall–Kier alpha value is -1.66. The molecule has 2 rings (SSSR count). The summed E-state index contributed by atoms with van der Waals surface area (Å²) < 4.78 is 28.7. The molecule has 0 atom stereocenters. The minimum absolute atomic E-state index is 0.00479. The van der Waals surface area contributed by atoms with Crippen molar-refractivity contribution in [1.82, 2.24) is 14.5 Å². The Bertz CT molecular complexity index is 764. The summed E-state index contributed by atoms with van der Waals surface area (Å²) in [6, 6.07) is 7.55. The third-order valence-electron chi connectivity index (χ3n) is 3.83. The molecule has 0 aliphatic heterocycles. The number of benzene rings is 1. The molecule has 0 aliphatic rings. The van der Waals surface area contributed by atoms with Crippen LogP contribution in [0.25, 0.3) is 0 Å². The summed E-state index contributed by atoms with van der Waals surface area (Å²) in [7, 11) is -3.33. The molecule has 0 bridgehead atoms. The molecule has 6 heteroatoms. The minimum atomic E-state index is -3.33. The first-order chi connectivity index (χ1) is 10.3. The van der Waals surface area contributed by atoms with Gasteiger partial charge in [0.05, 0.1) is 18.0 Å². The van der Waals surface area contributed by atoms with Gasteiger partial charge in [-0.25, -0.2) is 13.1 Å². The molecule has 0 fully saturated rings. The fraction of sp³-hybridized carbons (Fsp3) is 0.438.